The Balaban J connectivity index is 1.72. The summed E-state index contributed by atoms with van der Waals surface area (Å²) in [6.07, 6.45) is 1.80. The summed E-state index contributed by atoms with van der Waals surface area (Å²) >= 11 is 5.82. The monoisotopic (exact) mass is 456 g/mol. The van der Waals surface area contributed by atoms with E-state index in [4.69, 9.17) is 12.2 Å². The van der Waals surface area contributed by atoms with Crippen LogP contribution in [0.15, 0.2) is 79.0 Å². The molecule has 6 heteroatoms. The summed E-state index contributed by atoms with van der Waals surface area (Å²) in [4.78, 5) is 6.74. The molecule has 3 heterocycles. The van der Waals surface area contributed by atoms with Gasteiger partial charge in [0.05, 0.1) is 17.8 Å². The van der Waals surface area contributed by atoms with Crippen LogP contribution in [-0.4, -0.2) is 14.7 Å². The normalized spacial score (nSPS) is 17.9. The van der Waals surface area contributed by atoms with Crippen LogP contribution in [0.4, 0.5) is 10.1 Å². The van der Waals surface area contributed by atoms with E-state index < -0.39 is 0 Å². The third kappa shape index (κ3) is 3.60. The topological polar surface area (TPSA) is 33.1 Å². The van der Waals surface area contributed by atoms with E-state index in [9.17, 15) is 4.39 Å². The lowest BCUT2D eigenvalue weighted by Crippen LogP contribution is -2.29. The summed E-state index contributed by atoms with van der Waals surface area (Å²) in [6, 6.07) is 22.5. The fourth-order valence-corrected chi connectivity index (χ4v) is 5.28. The molecule has 1 aliphatic rings. The Morgan fingerprint density at radius 2 is 1.55 bits per heavy atom. The molecule has 2 atom stereocenters. The van der Waals surface area contributed by atoms with Gasteiger partial charge in [-0.05, 0) is 87.1 Å². The third-order valence-electron chi connectivity index (χ3n) is 6.52. The van der Waals surface area contributed by atoms with Crippen LogP contribution < -0.4 is 10.2 Å². The van der Waals surface area contributed by atoms with Gasteiger partial charge in [-0.2, -0.15) is 0 Å². The summed E-state index contributed by atoms with van der Waals surface area (Å²) in [6.45, 7) is 6.47. The molecule has 0 saturated carbocycles. The maximum atomic E-state index is 13.7. The molecule has 0 amide bonds. The van der Waals surface area contributed by atoms with Crippen molar-refractivity contribution in [1.82, 2.24) is 14.9 Å². The third-order valence-corrected chi connectivity index (χ3v) is 6.83. The van der Waals surface area contributed by atoms with Gasteiger partial charge in [-0.25, -0.2) is 4.39 Å². The minimum atomic E-state index is -0.270. The number of anilines is 1. The molecular weight excluding hydrogens is 431 g/mol. The zero-order valence-electron chi connectivity index (χ0n) is 18.8. The first kappa shape index (κ1) is 21.3. The lowest BCUT2D eigenvalue weighted by Gasteiger charge is -2.29. The van der Waals surface area contributed by atoms with Crippen LogP contribution in [0.1, 0.15) is 40.3 Å². The molecule has 0 radical (unpaired) electrons. The van der Waals surface area contributed by atoms with Crippen molar-refractivity contribution in [2.75, 3.05) is 4.90 Å². The average Bonchev–Trinajstić information content (AvgIpc) is 3.28. The number of pyridine rings is 1. The first-order chi connectivity index (χ1) is 16.0. The molecule has 1 fully saturated rings. The maximum Gasteiger partial charge on any atom is 0.174 e. The predicted octanol–water partition coefficient (Wildman–Crippen LogP) is 6.11. The highest BCUT2D eigenvalue weighted by Crippen LogP contribution is 2.45. The Morgan fingerprint density at radius 1 is 0.848 bits per heavy atom. The highest BCUT2D eigenvalue weighted by Gasteiger charge is 2.43. The first-order valence-corrected chi connectivity index (χ1v) is 11.4. The molecule has 4 nitrogen and oxygen atoms in total. The van der Waals surface area contributed by atoms with Gasteiger partial charge in [0.15, 0.2) is 5.11 Å². The van der Waals surface area contributed by atoms with E-state index >= 15 is 0 Å². The standard InChI is InChI=1S/C27H25FN4S/c1-17-18(2)31(21-9-5-4-6-10-21)19(3)24(17)26-25(23-11-7-8-16-29-23)30-27(33)32(26)22-14-12-20(28)13-15-22/h4-16,25-26H,1-3H3,(H,30,33)/t25-,26-/m0/s1. The van der Waals surface area contributed by atoms with Gasteiger partial charge in [-0.3, -0.25) is 4.98 Å². The van der Waals surface area contributed by atoms with Crippen LogP contribution in [0.5, 0.6) is 0 Å². The Bertz CT molecular complexity index is 1300. The number of halogens is 1. The van der Waals surface area contributed by atoms with Gasteiger partial charge in [0.1, 0.15) is 5.82 Å². The molecule has 0 bridgehead atoms. The zero-order chi connectivity index (χ0) is 23.1. The highest BCUT2D eigenvalue weighted by atomic mass is 32.1. The number of para-hydroxylation sites is 1. The molecule has 2 aromatic heterocycles. The van der Waals surface area contributed by atoms with E-state index in [-0.39, 0.29) is 17.9 Å². The highest BCUT2D eigenvalue weighted by molar-refractivity contribution is 7.80. The number of aromatic nitrogens is 2. The summed E-state index contributed by atoms with van der Waals surface area (Å²) in [7, 11) is 0. The number of nitrogens with zero attached hydrogens (tertiary/aromatic N) is 3. The minimum Gasteiger partial charge on any atom is -0.351 e. The molecule has 0 spiro atoms. The van der Waals surface area contributed by atoms with Gasteiger partial charge in [0, 0.05) is 34.5 Å². The van der Waals surface area contributed by atoms with Crippen molar-refractivity contribution >= 4 is 23.0 Å². The Labute approximate surface area is 198 Å². The predicted molar refractivity (Wildman–Crippen MR) is 134 cm³/mol. The second-order valence-corrected chi connectivity index (χ2v) is 8.74. The summed E-state index contributed by atoms with van der Waals surface area (Å²) in [5.41, 5.74) is 7.63. The van der Waals surface area contributed by atoms with E-state index in [0.717, 1.165) is 22.8 Å². The van der Waals surface area contributed by atoms with Gasteiger partial charge in [-0.15, -0.1) is 0 Å². The van der Waals surface area contributed by atoms with E-state index in [0.29, 0.717) is 5.11 Å². The number of hydrogen-bond acceptors (Lipinski definition) is 2. The Morgan fingerprint density at radius 3 is 2.21 bits per heavy atom. The molecule has 1 aliphatic heterocycles. The van der Waals surface area contributed by atoms with E-state index in [2.05, 4.69) is 64.8 Å². The smallest absolute Gasteiger partial charge is 0.174 e. The fraction of sp³-hybridized carbons (Fsp3) is 0.185. The maximum absolute atomic E-state index is 13.7. The number of nitrogens with one attached hydrogen (secondary N) is 1. The molecule has 33 heavy (non-hydrogen) atoms. The van der Waals surface area contributed by atoms with E-state index in [1.54, 1.807) is 18.3 Å². The van der Waals surface area contributed by atoms with Crippen molar-refractivity contribution in [2.24, 2.45) is 0 Å². The van der Waals surface area contributed by atoms with Crippen LogP contribution in [0, 0.1) is 26.6 Å². The fourth-order valence-electron chi connectivity index (χ4n) is 4.93. The second-order valence-electron chi connectivity index (χ2n) is 8.35. The average molecular weight is 457 g/mol. The molecule has 2 aromatic carbocycles. The SMILES string of the molecule is Cc1c([C@H]2[C@H](c3ccccn3)NC(=S)N2c2ccc(F)cc2)c(C)n(-c2ccccc2)c1C. The molecule has 0 unspecified atom stereocenters. The first-order valence-electron chi connectivity index (χ1n) is 11.0. The summed E-state index contributed by atoms with van der Waals surface area (Å²) in [5.74, 6) is -0.270. The molecule has 5 rings (SSSR count). The second kappa shape index (κ2) is 8.45. The van der Waals surface area contributed by atoms with Crippen LogP contribution in [0.3, 0.4) is 0 Å². The number of benzene rings is 2. The van der Waals surface area contributed by atoms with Gasteiger partial charge in [0.25, 0.3) is 0 Å². The molecule has 0 aliphatic carbocycles. The summed E-state index contributed by atoms with van der Waals surface area (Å²) < 4.78 is 16.0. The van der Waals surface area contributed by atoms with Crippen molar-refractivity contribution in [3.05, 3.63) is 113 Å². The Kier molecular flexibility index (Phi) is 5.46. The van der Waals surface area contributed by atoms with Crippen molar-refractivity contribution in [3.63, 3.8) is 0 Å². The van der Waals surface area contributed by atoms with Crippen LogP contribution >= 0.6 is 12.2 Å². The van der Waals surface area contributed by atoms with Crippen molar-refractivity contribution in [1.29, 1.82) is 0 Å². The quantitative estimate of drug-likeness (QED) is 0.376. The van der Waals surface area contributed by atoms with Crippen LogP contribution in [-0.2, 0) is 0 Å². The van der Waals surface area contributed by atoms with Crippen LogP contribution in [0.2, 0.25) is 0 Å². The molecular formula is C27H25FN4S. The van der Waals surface area contributed by atoms with Crippen LogP contribution in [0.25, 0.3) is 5.69 Å². The largest absolute Gasteiger partial charge is 0.351 e. The van der Waals surface area contributed by atoms with Gasteiger partial charge >= 0.3 is 0 Å². The summed E-state index contributed by atoms with van der Waals surface area (Å²) in [5, 5.41) is 4.10. The van der Waals surface area contributed by atoms with E-state index in [1.165, 1.54) is 29.0 Å². The lowest BCUT2D eigenvalue weighted by molar-refractivity contribution is 0.563. The van der Waals surface area contributed by atoms with Gasteiger partial charge < -0.3 is 14.8 Å². The number of hydrogen-bond donors (Lipinski definition) is 1. The zero-order valence-corrected chi connectivity index (χ0v) is 19.6. The van der Waals surface area contributed by atoms with Gasteiger partial charge in [-0.1, -0.05) is 24.3 Å². The number of rotatable bonds is 4. The van der Waals surface area contributed by atoms with Gasteiger partial charge in [0.2, 0.25) is 0 Å². The minimum absolute atomic E-state index is 0.137. The molecule has 4 aromatic rings. The molecule has 166 valence electrons. The van der Waals surface area contributed by atoms with Crippen molar-refractivity contribution in [3.8, 4) is 5.69 Å². The van der Waals surface area contributed by atoms with E-state index in [1.807, 2.05) is 24.3 Å². The molecule has 1 saturated heterocycles. The molecule has 1 N–H and O–H groups in total. The van der Waals surface area contributed by atoms with Crippen molar-refractivity contribution in [2.45, 2.75) is 32.9 Å². The van der Waals surface area contributed by atoms with Crippen molar-refractivity contribution < 1.29 is 4.39 Å². The Hall–Kier alpha value is -3.51. The number of thiocarbonyl (C=S) groups is 1. The lowest BCUT2D eigenvalue weighted by atomic mass is 9.93.